The molecule has 120 valence electrons. The molecule has 2 heterocycles. The first-order chi connectivity index (χ1) is 11.1. The number of carbonyl (C=O) groups excluding carboxylic acids is 1. The van der Waals surface area contributed by atoms with Gasteiger partial charge >= 0.3 is 0 Å². The molecule has 2 aromatic rings. The van der Waals surface area contributed by atoms with Gasteiger partial charge in [-0.2, -0.15) is 0 Å². The number of aryl methyl sites for hydroxylation is 1. The van der Waals surface area contributed by atoms with E-state index in [-0.39, 0.29) is 5.91 Å². The molecular weight excluding hydrogens is 288 g/mol. The minimum Gasteiger partial charge on any atom is -0.367 e. The van der Waals surface area contributed by atoms with E-state index in [0.717, 1.165) is 43.2 Å². The molecule has 1 aliphatic heterocycles. The van der Waals surface area contributed by atoms with Gasteiger partial charge in [-0.3, -0.25) is 9.78 Å². The van der Waals surface area contributed by atoms with Crippen molar-refractivity contribution in [3.8, 4) is 0 Å². The number of nitrogens with one attached hydrogen (secondary N) is 1. The zero-order chi connectivity index (χ0) is 16.2. The minimum atomic E-state index is -0.126. The molecule has 1 fully saturated rings. The normalized spacial score (nSPS) is 15.5. The Labute approximate surface area is 136 Å². The van der Waals surface area contributed by atoms with E-state index in [1.165, 1.54) is 0 Å². The average molecular weight is 310 g/mol. The van der Waals surface area contributed by atoms with E-state index in [0.29, 0.717) is 5.56 Å². The maximum Gasteiger partial charge on any atom is 0.257 e. The lowest BCUT2D eigenvalue weighted by molar-refractivity contribution is 0.102. The summed E-state index contributed by atoms with van der Waals surface area (Å²) >= 11 is 0. The summed E-state index contributed by atoms with van der Waals surface area (Å²) in [5.74, 6) is -0.126. The molecule has 0 spiro atoms. The number of pyridine rings is 1. The molecule has 5 nitrogen and oxygen atoms in total. The smallest absolute Gasteiger partial charge is 0.257 e. The van der Waals surface area contributed by atoms with Crippen LogP contribution in [0.3, 0.4) is 0 Å². The number of hydrogen-bond acceptors (Lipinski definition) is 4. The number of para-hydroxylation sites is 2. The molecule has 1 aliphatic rings. The van der Waals surface area contributed by atoms with Crippen molar-refractivity contribution in [2.24, 2.45) is 0 Å². The van der Waals surface area contributed by atoms with Gasteiger partial charge < -0.3 is 15.1 Å². The standard InChI is InChI=1S/C18H22N4O/c1-14-7-8-15(13-19-14)18(23)20-16-5-3-4-6-17(16)22-11-9-21(2)10-12-22/h3-8,13H,9-12H2,1-2H3,(H,20,23). The number of nitrogens with zero attached hydrogens (tertiary/aromatic N) is 3. The van der Waals surface area contributed by atoms with E-state index < -0.39 is 0 Å². The predicted molar refractivity (Wildman–Crippen MR) is 93.1 cm³/mol. The van der Waals surface area contributed by atoms with Crippen LogP contribution in [0.5, 0.6) is 0 Å². The molecule has 1 N–H and O–H groups in total. The molecule has 0 unspecified atom stereocenters. The maximum atomic E-state index is 12.4. The first-order valence-electron chi connectivity index (χ1n) is 7.90. The fraction of sp³-hybridized carbons (Fsp3) is 0.333. The number of likely N-dealkylation sites (N-methyl/N-ethyl adjacent to an activating group) is 1. The number of piperazine rings is 1. The zero-order valence-corrected chi connectivity index (χ0v) is 13.6. The summed E-state index contributed by atoms with van der Waals surface area (Å²) in [6.07, 6.45) is 1.61. The van der Waals surface area contributed by atoms with E-state index in [1.807, 2.05) is 31.2 Å². The summed E-state index contributed by atoms with van der Waals surface area (Å²) < 4.78 is 0. The van der Waals surface area contributed by atoms with Crippen molar-refractivity contribution >= 4 is 17.3 Å². The quantitative estimate of drug-likeness (QED) is 0.946. The summed E-state index contributed by atoms with van der Waals surface area (Å²) in [5, 5.41) is 3.02. The van der Waals surface area contributed by atoms with Crippen molar-refractivity contribution in [3.05, 3.63) is 53.9 Å². The van der Waals surface area contributed by atoms with Crippen molar-refractivity contribution in [2.75, 3.05) is 43.4 Å². The van der Waals surface area contributed by atoms with Crippen molar-refractivity contribution in [3.63, 3.8) is 0 Å². The van der Waals surface area contributed by atoms with E-state index in [2.05, 4.69) is 33.2 Å². The predicted octanol–water partition coefficient (Wildman–Crippen LogP) is 2.39. The molecule has 1 saturated heterocycles. The van der Waals surface area contributed by atoms with Crippen LogP contribution in [0.4, 0.5) is 11.4 Å². The van der Waals surface area contributed by atoms with Crippen molar-refractivity contribution in [2.45, 2.75) is 6.92 Å². The largest absolute Gasteiger partial charge is 0.367 e. The topological polar surface area (TPSA) is 48.5 Å². The molecule has 0 atom stereocenters. The second kappa shape index (κ2) is 6.79. The summed E-state index contributed by atoms with van der Waals surface area (Å²) in [5.41, 5.74) is 3.40. The van der Waals surface area contributed by atoms with Crippen LogP contribution in [0.1, 0.15) is 16.1 Å². The number of aromatic nitrogens is 1. The highest BCUT2D eigenvalue weighted by Crippen LogP contribution is 2.26. The number of rotatable bonds is 3. The second-order valence-corrected chi connectivity index (χ2v) is 5.95. The second-order valence-electron chi connectivity index (χ2n) is 5.95. The Kier molecular flexibility index (Phi) is 4.57. The summed E-state index contributed by atoms with van der Waals surface area (Å²) in [6, 6.07) is 11.6. The molecule has 1 aromatic carbocycles. The number of amides is 1. The van der Waals surface area contributed by atoms with Crippen LogP contribution in [-0.4, -0.2) is 49.0 Å². The number of benzene rings is 1. The maximum absolute atomic E-state index is 12.4. The van der Waals surface area contributed by atoms with Crippen LogP contribution in [0, 0.1) is 6.92 Å². The fourth-order valence-corrected chi connectivity index (χ4v) is 2.70. The van der Waals surface area contributed by atoms with Gasteiger partial charge in [0.1, 0.15) is 0 Å². The highest BCUT2D eigenvalue weighted by atomic mass is 16.1. The molecule has 1 amide bonds. The van der Waals surface area contributed by atoms with Crippen LogP contribution in [0.15, 0.2) is 42.6 Å². The monoisotopic (exact) mass is 310 g/mol. The van der Waals surface area contributed by atoms with Gasteiger partial charge in [0.15, 0.2) is 0 Å². The van der Waals surface area contributed by atoms with Crippen LogP contribution in [-0.2, 0) is 0 Å². The number of anilines is 2. The Morgan fingerprint density at radius 2 is 1.83 bits per heavy atom. The summed E-state index contributed by atoms with van der Waals surface area (Å²) in [7, 11) is 2.13. The van der Waals surface area contributed by atoms with Gasteiger partial charge in [-0.25, -0.2) is 0 Å². The van der Waals surface area contributed by atoms with E-state index in [4.69, 9.17) is 0 Å². The van der Waals surface area contributed by atoms with Crippen LogP contribution < -0.4 is 10.2 Å². The SMILES string of the molecule is Cc1ccc(C(=O)Nc2ccccc2N2CCN(C)CC2)cn1. The van der Waals surface area contributed by atoms with E-state index in [1.54, 1.807) is 12.3 Å². The highest BCUT2D eigenvalue weighted by molar-refractivity contribution is 6.05. The molecule has 23 heavy (non-hydrogen) atoms. The van der Waals surface area contributed by atoms with E-state index in [9.17, 15) is 4.79 Å². The van der Waals surface area contributed by atoms with Crippen molar-refractivity contribution in [1.82, 2.24) is 9.88 Å². The molecule has 0 saturated carbocycles. The third-order valence-electron chi connectivity index (χ3n) is 4.17. The van der Waals surface area contributed by atoms with Crippen molar-refractivity contribution < 1.29 is 4.79 Å². The molecule has 0 aliphatic carbocycles. The third kappa shape index (κ3) is 3.68. The van der Waals surface area contributed by atoms with Crippen LogP contribution in [0.2, 0.25) is 0 Å². The highest BCUT2D eigenvalue weighted by Gasteiger charge is 2.18. The first kappa shape index (κ1) is 15.5. The van der Waals surface area contributed by atoms with Gasteiger partial charge in [-0.1, -0.05) is 12.1 Å². The van der Waals surface area contributed by atoms with Gasteiger partial charge in [-0.05, 0) is 38.2 Å². The van der Waals surface area contributed by atoms with E-state index >= 15 is 0 Å². The third-order valence-corrected chi connectivity index (χ3v) is 4.17. The summed E-state index contributed by atoms with van der Waals surface area (Å²) in [6.45, 7) is 5.91. The Bertz CT molecular complexity index is 676. The van der Waals surface area contributed by atoms with Crippen LogP contribution >= 0.6 is 0 Å². The molecular formula is C18H22N4O. The molecule has 0 radical (unpaired) electrons. The Morgan fingerprint density at radius 1 is 1.09 bits per heavy atom. The summed E-state index contributed by atoms with van der Waals surface area (Å²) in [4.78, 5) is 21.3. The van der Waals surface area contributed by atoms with Crippen LogP contribution in [0.25, 0.3) is 0 Å². The molecule has 0 bridgehead atoms. The van der Waals surface area contributed by atoms with Crippen molar-refractivity contribution in [1.29, 1.82) is 0 Å². The molecule has 5 heteroatoms. The van der Waals surface area contributed by atoms with Gasteiger partial charge in [0.2, 0.25) is 0 Å². The lowest BCUT2D eigenvalue weighted by Crippen LogP contribution is -2.44. The molecule has 1 aromatic heterocycles. The average Bonchev–Trinajstić information content (AvgIpc) is 2.57. The Morgan fingerprint density at radius 3 is 2.52 bits per heavy atom. The molecule has 3 rings (SSSR count). The van der Waals surface area contributed by atoms with Gasteiger partial charge in [0, 0.05) is 38.1 Å². The lowest BCUT2D eigenvalue weighted by atomic mass is 10.2. The zero-order valence-electron chi connectivity index (χ0n) is 13.6. The lowest BCUT2D eigenvalue weighted by Gasteiger charge is -2.35. The number of carbonyl (C=O) groups is 1. The Hall–Kier alpha value is -2.40. The Balaban J connectivity index is 1.77. The van der Waals surface area contributed by atoms with Gasteiger partial charge in [0.05, 0.1) is 16.9 Å². The number of hydrogen-bond donors (Lipinski definition) is 1. The minimum absolute atomic E-state index is 0.126. The van der Waals surface area contributed by atoms with Gasteiger partial charge in [-0.15, -0.1) is 0 Å². The first-order valence-corrected chi connectivity index (χ1v) is 7.90. The van der Waals surface area contributed by atoms with Gasteiger partial charge in [0.25, 0.3) is 5.91 Å². The fourth-order valence-electron chi connectivity index (χ4n) is 2.70.